The van der Waals surface area contributed by atoms with Crippen LogP contribution >= 0.6 is 11.6 Å². The van der Waals surface area contributed by atoms with Crippen molar-refractivity contribution >= 4 is 23.3 Å². The standard InChI is InChI=1S/C21H16ClNO3/c22-17-10-6-14(7-11-17)19(24)15-8-12-18(13-9-15)26-20(21(23)25)16-4-2-1-3-5-16/h1-13,20H,(H2,23,25). The molecule has 0 aliphatic rings. The number of nitrogens with two attached hydrogens (primary N) is 1. The molecule has 3 aromatic carbocycles. The fourth-order valence-corrected chi connectivity index (χ4v) is 2.63. The molecule has 3 rings (SSSR count). The van der Waals surface area contributed by atoms with Gasteiger partial charge in [-0.05, 0) is 48.5 Å². The lowest BCUT2D eigenvalue weighted by Crippen LogP contribution is -2.26. The lowest BCUT2D eigenvalue weighted by Gasteiger charge is -2.16. The van der Waals surface area contributed by atoms with Gasteiger partial charge < -0.3 is 10.5 Å². The Bertz CT molecular complexity index is 906. The molecule has 1 unspecified atom stereocenters. The Hall–Kier alpha value is -3.11. The van der Waals surface area contributed by atoms with Crippen molar-refractivity contribution in [2.24, 2.45) is 5.73 Å². The van der Waals surface area contributed by atoms with E-state index in [2.05, 4.69) is 0 Å². The molecule has 1 atom stereocenters. The summed E-state index contributed by atoms with van der Waals surface area (Å²) in [5, 5.41) is 0.573. The van der Waals surface area contributed by atoms with Crippen LogP contribution in [0.15, 0.2) is 78.9 Å². The smallest absolute Gasteiger partial charge is 0.263 e. The second kappa shape index (κ2) is 7.85. The highest BCUT2D eigenvalue weighted by Gasteiger charge is 2.19. The van der Waals surface area contributed by atoms with E-state index in [0.717, 1.165) is 0 Å². The molecule has 130 valence electrons. The minimum absolute atomic E-state index is 0.122. The van der Waals surface area contributed by atoms with Crippen molar-refractivity contribution in [1.29, 1.82) is 0 Å². The fraction of sp³-hybridized carbons (Fsp3) is 0.0476. The van der Waals surface area contributed by atoms with Crippen molar-refractivity contribution in [2.45, 2.75) is 6.10 Å². The summed E-state index contributed by atoms with van der Waals surface area (Å²) in [6, 6.07) is 22.3. The molecule has 0 bridgehead atoms. The highest BCUT2D eigenvalue weighted by atomic mass is 35.5. The van der Waals surface area contributed by atoms with Crippen LogP contribution < -0.4 is 10.5 Å². The van der Waals surface area contributed by atoms with Gasteiger partial charge in [-0.2, -0.15) is 0 Å². The fourth-order valence-electron chi connectivity index (χ4n) is 2.51. The largest absolute Gasteiger partial charge is 0.476 e. The molecule has 0 heterocycles. The van der Waals surface area contributed by atoms with E-state index in [9.17, 15) is 9.59 Å². The molecular formula is C21H16ClNO3. The number of primary amides is 1. The van der Waals surface area contributed by atoms with Gasteiger partial charge in [0.1, 0.15) is 5.75 Å². The molecule has 1 amide bonds. The summed E-state index contributed by atoms with van der Waals surface area (Å²) in [5.74, 6) is -0.259. The molecular weight excluding hydrogens is 350 g/mol. The molecule has 4 nitrogen and oxygen atoms in total. The molecule has 2 N–H and O–H groups in total. The number of halogens is 1. The SMILES string of the molecule is NC(=O)C(Oc1ccc(C(=O)c2ccc(Cl)cc2)cc1)c1ccccc1. The quantitative estimate of drug-likeness (QED) is 0.666. The van der Waals surface area contributed by atoms with Crippen LogP contribution in [0.1, 0.15) is 27.6 Å². The second-order valence-electron chi connectivity index (χ2n) is 5.67. The van der Waals surface area contributed by atoms with Crippen LogP contribution in [0.4, 0.5) is 0 Å². The van der Waals surface area contributed by atoms with Gasteiger partial charge in [0, 0.05) is 21.7 Å². The third kappa shape index (κ3) is 4.10. The van der Waals surface area contributed by atoms with E-state index in [-0.39, 0.29) is 5.78 Å². The van der Waals surface area contributed by atoms with Crippen molar-refractivity contribution < 1.29 is 14.3 Å². The minimum Gasteiger partial charge on any atom is -0.476 e. The van der Waals surface area contributed by atoms with Crippen molar-refractivity contribution in [1.82, 2.24) is 0 Å². The molecule has 0 saturated heterocycles. The number of hydrogen-bond donors (Lipinski definition) is 1. The summed E-state index contributed by atoms with van der Waals surface area (Å²) in [4.78, 5) is 24.2. The number of benzene rings is 3. The Morgan fingerprint density at radius 1 is 0.808 bits per heavy atom. The molecule has 3 aromatic rings. The molecule has 0 aliphatic heterocycles. The first-order valence-corrected chi connectivity index (χ1v) is 8.33. The van der Waals surface area contributed by atoms with E-state index in [1.54, 1.807) is 60.7 Å². The van der Waals surface area contributed by atoms with Gasteiger partial charge >= 0.3 is 0 Å². The number of carbonyl (C=O) groups excluding carboxylic acids is 2. The maximum atomic E-state index is 12.5. The van der Waals surface area contributed by atoms with Crippen LogP contribution in [0, 0.1) is 0 Å². The van der Waals surface area contributed by atoms with Gasteiger partial charge in [-0.25, -0.2) is 0 Å². The van der Waals surface area contributed by atoms with E-state index < -0.39 is 12.0 Å². The van der Waals surface area contributed by atoms with E-state index in [4.69, 9.17) is 22.1 Å². The first-order chi connectivity index (χ1) is 12.5. The molecule has 0 spiro atoms. The third-order valence-electron chi connectivity index (χ3n) is 3.84. The maximum absolute atomic E-state index is 12.5. The zero-order chi connectivity index (χ0) is 18.5. The highest BCUT2D eigenvalue weighted by Crippen LogP contribution is 2.23. The summed E-state index contributed by atoms with van der Waals surface area (Å²) >= 11 is 5.84. The average Bonchev–Trinajstić information content (AvgIpc) is 2.67. The van der Waals surface area contributed by atoms with E-state index in [1.165, 1.54) is 0 Å². The van der Waals surface area contributed by atoms with Gasteiger partial charge in [-0.3, -0.25) is 9.59 Å². The number of hydrogen-bond acceptors (Lipinski definition) is 3. The van der Waals surface area contributed by atoms with Crippen molar-refractivity contribution in [3.63, 3.8) is 0 Å². The third-order valence-corrected chi connectivity index (χ3v) is 4.09. The summed E-state index contributed by atoms with van der Waals surface area (Å²) in [6.45, 7) is 0. The predicted octanol–water partition coefficient (Wildman–Crippen LogP) is 4.18. The van der Waals surface area contributed by atoms with Crippen LogP contribution in [-0.2, 0) is 4.79 Å². The van der Waals surface area contributed by atoms with Crippen LogP contribution in [0.2, 0.25) is 5.02 Å². The van der Waals surface area contributed by atoms with Gasteiger partial charge in [0.25, 0.3) is 5.91 Å². The number of amides is 1. The molecule has 26 heavy (non-hydrogen) atoms. The highest BCUT2D eigenvalue weighted by molar-refractivity contribution is 6.30. The van der Waals surface area contributed by atoms with Crippen LogP contribution in [0.3, 0.4) is 0 Å². The van der Waals surface area contributed by atoms with E-state index in [0.29, 0.717) is 27.5 Å². The lowest BCUT2D eigenvalue weighted by molar-refractivity contribution is -0.125. The Kier molecular flexibility index (Phi) is 5.34. The first-order valence-electron chi connectivity index (χ1n) is 7.96. The number of rotatable bonds is 6. The molecule has 0 fully saturated rings. The summed E-state index contributed by atoms with van der Waals surface area (Å²) < 4.78 is 5.71. The monoisotopic (exact) mass is 365 g/mol. The van der Waals surface area contributed by atoms with E-state index in [1.807, 2.05) is 18.2 Å². The maximum Gasteiger partial charge on any atom is 0.263 e. The number of ether oxygens (including phenoxy) is 1. The zero-order valence-electron chi connectivity index (χ0n) is 13.8. The van der Waals surface area contributed by atoms with Crippen LogP contribution in [0.25, 0.3) is 0 Å². The van der Waals surface area contributed by atoms with E-state index >= 15 is 0 Å². The van der Waals surface area contributed by atoms with Crippen molar-refractivity contribution in [2.75, 3.05) is 0 Å². The normalized spacial score (nSPS) is 11.6. The molecule has 0 aliphatic carbocycles. The van der Waals surface area contributed by atoms with Gasteiger partial charge in [-0.15, -0.1) is 0 Å². The number of carbonyl (C=O) groups is 2. The Morgan fingerprint density at radius 3 is 1.88 bits per heavy atom. The number of ketones is 1. The summed E-state index contributed by atoms with van der Waals surface area (Å²) in [5.41, 5.74) is 7.18. The van der Waals surface area contributed by atoms with Gasteiger partial charge in [0.2, 0.25) is 6.10 Å². The van der Waals surface area contributed by atoms with Gasteiger partial charge in [0.15, 0.2) is 5.78 Å². The van der Waals surface area contributed by atoms with Crippen molar-refractivity contribution in [3.05, 3.63) is 101 Å². The Morgan fingerprint density at radius 2 is 1.35 bits per heavy atom. The second-order valence-corrected chi connectivity index (χ2v) is 6.11. The summed E-state index contributed by atoms with van der Waals surface area (Å²) in [7, 11) is 0. The summed E-state index contributed by atoms with van der Waals surface area (Å²) in [6.07, 6.45) is -0.894. The average molecular weight is 366 g/mol. The molecule has 0 radical (unpaired) electrons. The lowest BCUT2D eigenvalue weighted by atomic mass is 10.0. The minimum atomic E-state index is -0.894. The van der Waals surface area contributed by atoms with Gasteiger partial charge in [-0.1, -0.05) is 41.9 Å². The topological polar surface area (TPSA) is 69.4 Å². The zero-order valence-corrected chi connectivity index (χ0v) is 14.5. The van der Waals surface area contributed by atoms with Crippen molar-refractivity contribution in [3.8, 4) is 5.75 Å². The molecule has 0 aromatic heterocycles. The predicted molar refractivity (Wildman–Crippen MR) is 100 cm³/mol. The molecule has 5 heteroatoms. The Labute approximate surface area is 156 Å². The molecule has 0 saturated carbocycles. The first kappa shape index (κ1) is 17.7. The van der Waals surface area contributed by atoms with Gasteiger partial charge in [0.05, 0.1) is 0 Å². The van der Waals surface area contributed by atoms with Crippen LogP contribution in [-0.4, -0.2) is 11.7 Å². The Balaban J connectivity index is 1.77. The van der Waals surface area contributed by atoms with Crippen LogP contribution in [0.5, 0.6) is 5.75 Å².